The van der Waals surface area contributed by atoms with E-state index >= 15 is 0 Å². The molecule has 0 unspecified atom stereocenters. The van der Waals surface area contributed by atoms with Gasteiger partial charge in [0.15, 0.2) is 0 Å². The van der Waals surface area contributed by atoms with Gasteiger partial charge in [-0.15, -0.1) is 0 Å². The molecule has 0 fully saturated rings. The van der Waals surface area contributed by atoms with Gasteiger partial charge in [0.2, 0.25) is 0 Å². The molecule has 0 radical (unpaired) electrons. The molecule has 3 nitrogen and oxygen atoms in total. The Balaban J connectivity index is 2.06. The Kier molecular flexibility index (Phi) is 4.11. The molecule has 0 atom stereocenters. The van der Waals surface area contributed by atoms with Crippen LogP contribution in [0.15, 0.2) is 73.1 Å². The number of pyridine rings is 2. The molecule has 0 bridgehead atoms. The number of hydrogen-bond acceptors (Lipinski definition) is 3. The van der Waals surface area contributed by atoms with Crippen LogP contribution in [0.4, 0.5) is 17.3 Å². The van der Waals surface area contributed by atoms with Gasteiger partial charge in [-0.25, -0.2) is 9.97 Å². The highest BCUT2D eigenvalue weighted by Crippen LogP contribution is 2.33. The fraction of sp³-hybridized carbons (Fsp3) is 0.200. The second kappa shape index (κ2) is 6.21. The van der Waals surface area contributed by atoms with E-state index in [0.717, 1.165) is 17.3 Å². The summed E-state index contributed by atoms with van der Waals surface area (Å²) in [5.74, 6) is 1.71. The van der Waals surface area contributed by atoms with Crippen molar-refractivity contribution in [2.45, 2.75) is 26.2 Å². The Morgan fingerprint density at radius 3 is 1.61 bits per heavy atom. The Hall–Kier alpha value is -2.68. The molecule has 0 saturated heterocycles. The summed E-state index contributed by atoms with van der Waals surface area (Å²) >= 11 is 0. The van der Waals surface area contributed by atoms with Crippen molar-refractivity contribution in [1.29, 1.82) is 0 Å². The molecule has 0 spiro atoms. The third-order valence-electron chi connectivity index (χ3n) is 3.75. The summed E-state index contributed by atoms with van der Waals surface area (Å²) in [4.78, 5) is 11.0. The summed E-state index contributed by atoms with van der Waals surface area (Å²) in [6.07, 6.45) is 3.60. The van der Waals surface area contributed by atoms with E-state index in [1.54, 1.807) is 12.4 Å². The smallest absolute Gasteiger partial charge is 0.138 e. The normalized spacial score (nSPS) is 11.3. The molecule has 0 aliphatic carbocycles. The van der Waals surface area contributed by atoms with E-state index in [-0.39, 0.29) is 5.41 Å². The van der Waals surface area contributed by atoms with Crippen LogP contribution in [0.25, 0.3) is 0 Å². The minimum atomic E-state index is 0.138. The SMILES string of the molecule is CC(C)(C)c1ccc(N(c2ccccn2)c2ccccn2)cc1. The summed E-state index contributed by atoms with van der Waals surface area (Å²) in [5.41, 5.74) is 2.50. The van der Waals surface area contributed by atoms with Gasteiger partial charge in [0, 0.05) is 18.1 Å². The van der Waals surface area contributed by atoms with E-state index in [0.29, 0.717) is 0 Å². The molecule has 0 aliphatic rings. The van der Waals surface area contributed by atoms with Crippen LogP contribution in [0, 0.1) is 0 Å². The van der Waals surface area contributed by atoms with Crippen LogP contribution in [0.2, 0.25) is 0 Å². The highest BCUT2D eigenvalue weighted by Gasteiger charge is 2.17. The Morgan fingerprint density at radius 1 is 0.696 bits per heavy atom. The molecule has 2 aromatic heterocycles. The number of anilines is 3. The zero-order valence-corrected chi connectivity index (χ0v) is 13.8. The molecule has 0 saturated carbocycles. The van der Waals surface area contributed by atoms with E-state index in [1.807, 2.05) is 36.4 Å². The number of aromatic nitrogens is 2. The Bertz CT molecular complexity index is 705. The monoisotopic (exact) mass is 303 g/mol. The molecule has 3 rings (SSSR count). The van der Waals surface area contributed by atoms with Gasteiger partial charge in [0.1, 0.15) is 11.6 Å². The highest BCUT2D eigenvalue weighted by atomic mass is 15.2. The van der Waals surface area contributed by atoms with Crippen LogP contribution >= 0.6 is 0 Å². The molecule has 1 aromatic carbocycles. The maximum Gasteiger partial charge on any atom is 0.138 e. The minimum Gasteiger partial charge on any atom is -0.279 e. The number of benzene rings is 1. The van der Waals surface area contributed by atoms with Crippen molar-refractivity contribution in [2.24, 2.45) is 0 Å². The van der Waals surface area contributed by atoms with Gasteiger partial charge >= 0.3 is 0 Å². The topological polar surface area (TPSA) is 29.0 Å². The van der Waals surface area contributed by atoms with Crippen molar-refractivity contribution in [3.05, 3.63) is 78.6 Å². The van der Waals surface area contributed by atoms with Crippen LogP contribution in [-0.2, 0) is 5.41 Å². The summed E-state index contributed by atoms with van der Waals surface area (Å²) in [5, 5.41) is 0. The molecule has 3 aromatic rings. The third kappa shape index (κ3) is 3.39. The first kappa shape index (κ1) is 15.2. The summed E-state index contributed by atoms with van der Waals surface area (Å²) in [6.45, 7) is 6.66. The lowest BCUT2D eigenvalue weighted by atomic mass is 9.87. The quantitative estimate of drug-likeness (QED) is 0.662. The molecule has 3 heteroatoms. The highest BCUT2D eigenvalue weighted by molar-refractivity contribution is 5.71. The van der Waals surface area contributed by atoms with Gasteiger partial charge in [-0.05, 0) is 47.4 Å². The molecule has 2 heterocycles. The van der Waals surface area contributed by atoms with Gasteiger partial charge in [0.25, 0.3) is 0 Å². The lowest BCUT2D eigenvalue weighted by Crippen LogP contribution is -2.14. The summed E-state index contributed by atoms with van der Waals surface area (Å²) in [7, 11) is 0. The first-order valence-corrected chi connectivity index (χ1v) is 7.78. The van der Waals surface area contributed by atoms with E-state index in [9.17, 15) is 0 Å². The van der Waals surface area contributed by atoms with Gasteiger partial charge in [-0.2, -0.15) is 0 Å². The molecule has 0 aliphatic heterocycles. The molecule has 23 heavy (non-hydrogen) atoms. The maximum absolute atomic E-state index is 4.49. The molecule has 0 amide bonds. The van der Waals surface area contributed by atoms with Crippen molar-refractivity contribution in [1.82, 2.24) is 9.97 Å². The van der Waals surface area contributed by atoms with Crippen molar-refractivity contribution in [3.8, 4) is 0 Å². The van der Waals surface area contributed by atoms with Gasteiger partial charge in [-0.3, -0.25) is 4.90 Å². The van der Waals surface area contributed by atoms with Crippen molar-refractivity contribution >= 4 is 17.3 Å². The maximum atomic E-state index is 4.49. The van der Waals surface area contributed by atoms with E-state index in [4.69, 9.17) is 0 Å². The van der Waals surface area contributed by atoms with Gasteiger partial charge < -0.3 is 0 Å². The van der Waals surface area contributed by atoms with Crippen LogP contribution in [0.5, 0.6) is 0 Å². The van der Waals surface area contributed by atoms with Crippen molar-refractivity contribution in [2.75, 3.05) is 4.90 Å². The average molecular weight is 303 g/mol. The zero-order valence-electron chi connectivity index (χ0n) is 13.8. The predicted molar refractivity (Wildman–Crippen MR) is 95.4 cm³/mol. The average Bonchev–Trinajstić information content (AvgIpc) is 2.57. The van der Waals surface area contributed by atoms with Gasteiger partial charge in [-0.1, -0.05) is 45.0 Å². The zero-order chi connectivity index (χ0) is 16.3. The standard InChI is InChI=1S/C20H21N3/c1-20(2,3)16-10-12-17(13-11-16)23(18-8-4-6-14-21-18)19-9-5-7-15-22-19/h4-15H,1-3H3. The number of nitrogens with zero attached hydrogens (tertiary/aromatic N) is 3. The molecular formula is C20H21N3. The second-order valence-corrected chi connectivity index (χ2v) is 6.51. The molecule has 0 N–H and O–H groups in total. The van der Waals surface area contributed by atoms with E-state index in [1.165, 1.54) is 5.56 Å². The fourth-order valence-electron chi connectivity index (χ4n) is 2.46. The largest absolute Gasteiger partial charge is 0.279 e. The summed E-state index contributed by atoms with van der Waals surface area (Å²) in [6, 6.07) is 20.4. The van der Waals surface area contributed by atoms with E-state index in [2.05, 4.69) is 59.9 Å². The van der Waals surface area contributed by atoms with Crippen LogP contribution in [-0.4, -0.2) is 9.97 Å². The van der Waals surface area contributed by atoms with Crippen LogP contribution < -0.4 is 4.90 Å². The van der Waals surface area contributed by atoms with Crippen LogP contribution in [0.3, 0.4) is 0 Å². The first-order chi connectivity index (χ1) is 11.1. The minimum absolute atomic E-state index is 0.138. The lowest BCUT2D eigenvalue weighted by Gasteiger charge is -2.24. The summed E-state index contributed by atoms with van der Waals surface area (Å²) < 4.78 is 0. The van der Waals surface area contributed by atoms with Crippen molar-refractivity contribution < 1.29 is 0 Å². The first-order valence-electron chi connectivity index (χ1n) is 7.78. The fourth-order valence-corrected chi connectivity index (χ4v) is 2.46. The Labute approximate surface area is 137 Å². The lowest BCUT2D eigenvalue weighted by molar-refractivity contribution is 0.590. The van der Waals surface area contributed by atoms with E-state index < -0.39 is 0 Å². The van der Waals surface area contributed by atoms with Crippen molar-refractivity contribution in [3.63, 3.8) is 0 Å². The number of rotatable bonds is 3. The second-order valence-electron chi connectivity index (χ2n) is 6.51. The molecule has 116 valence electrons. The van der Waals surface area contributed by atoms with Gasteiger partial charge in [0.05, 0.1) is 0 Å². The third-order valence-corrected chi connectivity index (χ3v) is 3.75. The van der Waals surface area contributed by atoms with Crippen LogP contribution in [0.1, 0.15) is 26.3 Å². The number of hydrogen-bond donors (Lipinski definition) is 0. The molecular weight excluding hydrogens is 282 g/mol. The Morgan fingerprint density at radius 2 is 1.22 bits per heavy atom. The predicted octanol–water partition coefficient (Wildman–Crippen LogP) is 5.24.